The third-order valence-electron chi connectivity index (χ3n) is 4.32. The van der Waals surface area contributed by atoms with E-state index >= 15 is 0 Å². The summed E-state index contributed by atoms with van der Waals surface area (Å²) in [6, 6.07) is 7.60. The van der Waals surface area contributed by atoms with Gasteiger partial charge in [0.2, 0.25) is 0 Å². The van der Waals surface area contributed by atoms with Gasteiger partial charge in [-0.2, -0.15) is 0 Å². The molecule has 0 saturated heterocycles. The van der Waals surface area contributed by atoms with Gasteiger partial charge in [-0.3, -0.25) is 4.79 Å². The van der Waals surface area contributed by atoms with Crippen LogP contribution in [0.3, 0.4) is 0 Å². The van der Waals surface area contributed by atoms with Gasteiger partial charge in [-0.15, -0.1) is 0 Å². The Labute approximate surface area is 107 Å². The van der Waals surface area contributed by atoms with Crippen molar-refractivity contribution in [2.24, 2.45) is 5.92 Å². The number of carbonyl (C=O) groups excluding carboxylic acids is 1. The Balaban J connectivity index is 1.77. The van der Waals surface area contributed by atoms with E-state index in [0.29, 0.717) is 23.4 Å². The minimum atomic E-state index is 0.310. The predicted molar refractivity (Wildman–Crippen MR) is 70.5 cm³/mol. The summed E-state index contributed by atoms with van der Waals surface area (Å²) in [4.78, 5) is 11.4. The van der Waals surface area contributed by atoms with E-state index in [2.05, 4.69) is 0 Å². The Kier molecular flexibility index (Phi) is 2.94. The monoisotopic (exact) mass is 242 g/mol. The largest absolute Gasteiger partial charge is 0.508 e. The number of phenols is 1. The van der Waals surface area contributed by atoms with Crippen LogP contribution < -0.4 is 0 Å². The molecule has 0 aliphatic heterocycles. The zero-order chi connectivity index (χ0) is 12.5. The van der Waals surface area contributed by atoms with Gasteiger partial charge < -0.3 is 5.11 Å². The van der Waals surface area contributed by atoms with E-state index in [1.807, 2.05) is 18.2 Å². The van der Waals surface area contributed by atoms with E-state index in [0.717, 1.165) is 32.1 Å². The second-order valence-electron chi connectivity index (χ2n) is 5.48. The molecule has 0 bridgehead atoms. The third-order valence-corrected chi connectivity index (χ3v) is 4.32. The van der Waals surface area contributed by atoms with Gasteiger partial charge in [0.1, 0.15) is 5.75 Å². The fourth-order valence-corrected chi connectivity index (χ4v) is 3.30. The molecule has 2 nitrogen and oxygen atoms in total. The van der Waals surface area contributed by atoms with E-state index in [4.69, 9.17) is 0 Å². The molecule has 1 N–H and O–H groups in total. The molecule has 1 saturated carbocycles. The summed E-state index contributed by atoms with van der Waals surface area (Å²) in [6.45, 7) is 0. The number of rotatable bonds is 1. The molecule has 3 rings (SSSR count). The highest BCUT2D eigenvalue weighted by Gasteiger charge is 2.29. The van der Waals surface area contributed by atoms with Crippen molar-refractivity contribution in [1.82, 2.24) is 0 Å². The van der Waals surface area contributed by atoms with E-state index in [1.165, 1.54) is 11.1 Å². The Hall–Kier alpha value is -1.57. The lowest BCUT2D eigenvalue weighted by atomic mass is 9.71. The van der Waals surface area contributed by atoms with Gasteiger partial charge in [0.25, 0.3) is 0 Å². The summed E-state index contributed by atoms with van der Waals surface area (Å²) in [7, 11) is 0. The highest BCUT2D eigenvalue weighted by atomic mass is 16.3. The van der Waals surface area contributed by atoms with Crippen molar-refractivity contribution in [3.8, 4) is 5.75 Å². The molecule has 0 amide bonds. The summed E-state index contributed by atoms with van der Waals surface area (Å²) >= 11 is 0. The molecule has 0 spiro atoms. The highest BCUT2D eigenvalue weighted by Crippen LogP contribution is 2.43. The second kappa shape index (κ2) is 4.60. The van der Waals surface area contributed by atoms with Crippen LogP contribution in [0.2, 0.25) is 0 Å². The number of ketones is 1. The number of carbonyl (C=O) groups is 1. The van der Waals surface area contributed by atoms with Crippen LogP contribution >= 0.6 is 0 Å². The quantitative estimate of drug-likeness (QED) is 0.817. The van der Waals surface area contributed by atoms with E-state index in [1.54, 1.807) is 12.1 Å². The van der Waals surface area contributed by atoms with Gasteiger partial charge in [0, 0.05) is 6.42 Å². The molecule has 0 radical (unpaired) electrons. The Morgan fingerprint density at radius 1 is 1.00 bits per heavy atom. The lowest BCUT2D eigenvalue weighted by molar-refractivity contribution is -0.115. The minimum Gasteiger partial charge on any atom is -0.508 e. The summed E-state index contributed by atoms with van der Waals surface area (Å²) in [5, 5.41) is 9.33. The Morgan fingerprint density at radius 2 is 1.72 bits per heavy atom. The van der Waals surface area contributed by atoms with Gasteiger partial charge in [0.05, 0.1) is 0 Å². The maximum atomic E-state index is 11.4. The molecule has 2 aliphatic carbocycles. The molecule has 0 heterocycles. The lowest BCUT2D eigenvalue weighted by Gasteiger charge is -2.33. The molecule has 94 valence electrons. The van der Waals surface area contributed by atoms with Crippen LogP contribution in [0.1, 0.15) is 43.6 Å². The zero-order valence-electron chi connectivity index (χ0n) is 10.4. The van der Waals surface area contributed by atoms with Crippen molar-refractivity contribution in [2.75, 3.05) is 0 Å². The first-order valence-electron chi connectivity index (χ1n) is 6.74. The summed E-state index contributed by atoms with van der Waals surface area (Å²) in [6.07, 6.45) is 6.98. The molecule has 1 aromatic rings. The highest BCUT2D eigenvalue weighted by molar-refractivity contribution is 5.91. The predicted octanol–water partition coefficient (Wildman–Crippen LogP) is 3.57. The minimum absolute atomic E-state index is 0.310. The van der Waals surface area contributed by atoms with E-state index in [-0.39, 0.29) is 0 Å². The first-order valence-corrected chi connectivity index (χ1v) is 6.74. The first-order chi connectivity index (χ1) is 8.72. The van der Waals surface area contributed by atoms with E-state index in [9.17, 15) is 9.90 Å². The van der Waals surface area contributed by atoms with E-state index < -0.39 is 0 Å². The molecular formula is C16H18O2. The van der Waals surface area contributed by atoms with Crippen LogP contribution in [0, 0.1) is 5.92 Å². The van der Waals surface area contributed by atoms with Gasteiger partial charge in [-0.05, 0) is 61.3 Å². The maximum Gasteiger partial charge on any atom is 0.155 e. The summed E-state index contributed by atoms with van der Waals surface area (Å²) in [5.41, 5.74) is 2.70. The van der Waals surface area contributed by atoms with Gasteiger partial charge in [0.15, 0.2) is 5.78 Å². The average molecular weight is 242 g/mol. The van der Waals surface area contributed by atoms with Crippen molar-refractivity contribution in [3.63, 3.8) is 0 Å². The number of phenolic OH excluding ortho intramolecular Hbond substituents is 1. The maximum absolute atomic E-state index is 11.4. The molecule has 0 unspecified atom stereocenters. The number of aromatic hydroxyl groups is 1. The molecular weight excluding hydrogens is 224 g/mol. The summed E-state index contributed by atoms with van der Waals surface area (Å²) in [5.74, 6) is 1.83. The van der Waals surface area contributed by atoms with Crippen LogP contribution in [0.15, 0.2) is 35.9 Å². The second-order valence-corrected chi connectivity index (χ2v) is 5.48. The van der Waals surface area contributed by atoms with Gasteiger partial charge >= 0.3 is 0 Å². The van der Waals surface area contributed by atoms with Crippen molar-refractivity contribution in [1.29, 1.82) is 0 Å². The topological polar surface area (TPSA) is 37.3 Å². The van der Waals surface area contributed by atoms with Crippen molar-refractivity contribution < 1.29 is 9.90 Å². The average Bonchev–Trinajstić information content (AvgIpc) is 2.39. The van der Waals surface area contributed by atoms with Crippen molar-refractivity contribution >= 4 is 5.78 Å². The number of hydrogen-bond acceptors (Lipinski definition) is 2. The van der Waals surface area contributed by atoms with Crippen LogP contribution in [0.5, 0.6) is 5.75 Å². The molecule has 2 aliphatic rings. The number of allylic oxidation sites excluding steroid dienone is 2. The fraction of sp³-hybridized carbons (Fsp3) is 0.438. The van der Waals surface area contributed by atoms with Gasteiger partial charge in [-0.1, -0.05) is 17.7 Å². The van der Waals surface area contributed by atoms with Crippen LogP contribution in [-0.2, 0) is 4.79 Å². The zero-order valence-corrected chi connectivity index (χ0v) is 10.4. The van der Waals surface area contributed by atoms with Gasteiger partial charge in [-0.25, -0.2) is 0 Å². The fourth-order valence-electron chi connectivity index (χ4n) is 3.30. The lowest BCUT2D eigenvalue weighted by Crippen LogP contribution is -2.21. The molecule has 18 heavy (non-hydrogen) atoms. The first kappa shape index (κ1) is 11.5. The van der Waals surface area contributed by atoms with Crippen LogP contribution in [-0.4, -0.2) is 10.9 Å². The number of benzene rings is 1. The third kappa shape index (κ3) is 2.20. The molecule has 2 atom stereocenters. The standard InChI is InChI=1S/C16H18O2/c17-15-6-3-11(4-7-15)12-1-2-14-10-16(18)8-5-13(14)9-12/h3-4,6-7,10,12-13,17H,1-2,5,8-9H2/t12-,13+/m0/s1. The molecule has 0 aromatic heterocycles. The Morgan fingerprint density at radius 3 is 2.50 bits per heavy atom. The molecule has 1 aromatic carbocycles. The Bertz CT molecular complexity index is 484. The van der Waals surface area contributed by atoms with Crippen molar-refractivity contribution in [3.05, 3.63) is 41.5 Å². The van der Waals surface area contributed by atoms with Crippen LogP contribution in [0.25, 0.3) is 0 Å². The smallest absolute Gasteiger partial charge is 0.155 e. The number of hydrogen-bond donors (Lipinski definition) is 1. The number of fused-ring (bicyclic) bond motifs is 1. The summed E-state index contributed by atoms with van der Waals surface area (Å²) < 4.78 is 0. The molecule has 2 heteroatoms. The van der Waals surface area contributed by atoms with Crippen LogP contribution in [0.4, 0.5) is 0 Å². The normalized spacial score (nSPS) is 27.6. The molecule has 1 fully saturated rings. The SMILES string of the molecule is O=C1C=C2CC[C@H](c3ccc(O)cc3)C[C@H]2CC1. The van der Waals surface area contributed by atoms with Crippen molar-refractivity contribution in [2.45, 2.75) is 38.0 Å².